The predicted octanol–water partition coefficient (Wildman–Crippen LogP) is 3.25. The van der Waals surface area contributed by atoms with Crippen LogP contribution in [0.4, 0.5) is 0 Å². The van der Waals surface area contributed by atoms with Gasteiger partial charge in [0.05, 0.1) is 23.9 Å². The summed E-state index contributed by atoms with van der Waals surface area (Å²) in [7, 11) is 0. The maximum absolute atomic E-state index is 12.8. The largest absolute Gasteiger partial charge is 0.489 e. The van der Waals surface area contributed by atoms with Gasteiger partial charge in [-0.2, -0.15) is 0 Å². The number of hydrogen-bond acceptors (Lipinski definition) is 4. The molecule has 1 aromatic heterocycles. The zero-order chi connectivity index (χ0) is 16.4. The number of nitrogens with zero attached hydrogens (tertiary/aromatic N) is 1. The fraction of sp³-hybridized carbons (Fsp3) is 0.389. The van der Waals surface area contributed by atoms with Crippen LogP contribution in [-0.4, -0.2) is 42.7 Å². The van der Waals surface area contributed by atoms with Crippen LogP contribution < -0.4 is 4.74 Å². The minimum atomic E-state index is -0.0336. The van der Waals surface area contributed by atoms with E-state index in [9.17, 15) is 4.79 Å². The number of rotatable bonds is 4. The third kappa shape index (κ3) is 3.24. The molecule has 2 heterocycles. The quantitative estimate of drug-likeness (QED) is 0.813. The summed E-state index contributed by atoms with van der Waals surface area (Å²) in [5.74, 6) is 0.600. The van der Waals surface area contributed by atoms with Crippen molar-refractivity contribution in [1.82, 2.24) is 4.90 Å². The van der Waals surface area contributed by atoms with E-state index in [-0.39, 0.29) is 18.1 Å². The van der Waals surface area contributed by atoms with Gasteiger partial charge in [-0.1, -0.05) is 12.7 Å². The summed E-state index contributed by atoms with van der Waals surface area (Å²) in [6, 6.07) is 5.37. The molecule has 5 nitrogen and oxygen atoms in total. The molecule has 3 rings (SSSR count). The number of ether oxygens (including phenoxy) is 2. The Bertz CT molecular complexity index is 711. The highest BCUT2D eigenvalue weighted by molar-refractivity contribution is 5.99. The average molecular weight is 315 g/mol. The molecule has 122 valence electrons. The van der Waals surface area contributed by atoms with Gasteiger partial charge in [-0.25, -0.2) is 0 Å². The fourth-order valence-electron chi connectivity index (χ4n) is 2.96. The monoisotopic (exact) mass is 315 g/mol. The van der Waals surface area contributed by atoms with Gasteiger partial charge in [0.2, 0.25) is 0 Å². The predicted molar refractivity (Wildman–Crippen MR) is 87.8 cm³/mol. The van der Waals surface area contributed by atoms with E-state index in [1.807, 2.05) is 24.8 Å². The SMILES string of the molecule is C=CCOc1cc(C(=O)N2C[C@@H](C)O[C@H](C)C2)cc2occc12. The lowest BCUT2D eigenvalue weighted by atomic mass is 10.1. The minimum absolute atomic E-state index is 0.0336. The Morgan fingerprint density at radius 3 is 2.83 bits per heavy atom. The van der Waals surface area contributed by atoms with Crippen molar-refractivity contribution in [2.75, 3.05) is 19.7 Å². The van der Waals surface area contributed by atoms with Gasteiger partial charge in [0.25, 0.3) is 5.91 Å². The normalized spacial score (nSPS) is 21.4. The molecule has 2 atom stereocenters. The van der Waals surface area contributed by atoms with Crippen LogP contribution in [0.3, 0.4) is 0 Å². The average Bonchev–Trinajstić information content (AvgIpc) is 2.99. The van der Waals surface area contributed by atoms with Crippen LogP contribution in [0.25, 0.3) is 11.0 Å². The van der Waals surface area contributed by atoms with Crippen LogP contribution >= 0.6 is 0 Å². The van der Waals surface area contributed by atoms with Crippen molar-refractivity contribution in [3.63, 3.8) is 0 Å². The molecule has 0 radical (unpaired) electrons. The number of furan rings is 1. The van der Waals surface area contributed by atoms with Crippen molar-refractivity contribution in [1.29, 1.82) is 0 Å². The van der Waals surface area contributed by atoms with Crippen molar-refractivity contribution < 1.29 is 18.7 Å². The number of carbonyl (C=O) groups excluding carboxylic acids is 1. The van der Waals surface area contributed by atoms with Crippen molar-refractivity contribution in [2.24, 2.45) is 0 Å². The highest BCUT2D eigenvalue weighted by Gasteiger charge is 2.27. The Hall–Kier alpha value is -2.27. The summed E-state index contributed by atoms with van der Waals surface area (Å²) in [5.41, 5.74) is 1.21. The van der Waals surface area contributed by atoms with Crippen LogP contribution in [-0.2, 0) is 4.74 Å². The second-order valence-electron chi connectivity index (χ2n) is 5.87. The van der Waals surface area contributed by atoms with E-state index in [4.69, 9.17) is 13.9 Å². The molecule has 0 bridgehead atoms. The van der Waals surface area contributed by atoms with Gasteiger partial charge in [-0.3, -0.25) is 4.79 Å². The molecule has 0 spiro atoms. The third-order valence-electron chi connectivity index (χ3n) is 3.84. The van der Waals surface area contributed by atoms with Crippen LogP contribution in [0.1, 0.15) is 24.2 Å². The summed E-state index contributed by atoms with van der Waals surface area (Å²) < 4.78 is 16.8. The van der Waals surface area contributed by atoms with E-state index >= 15 is 0 Å². The van der Waals surface area contributed by atoms with Gasteiger partial charge in [0.1, 0.15) is 17.9 Å². The molecule has 23 heavy (non-hydrogen) atoms. The van der Waals surface area contributed by atoms with Crippen molar-refractivity contribution in [3.05, 3.63) is 42.7 Å². The van der Waals surface area contributed by atoms with Gasteiger partial charge in [-0.05, 0) is 32.0 Å². The molecule has 1 fully saturated rings. The summed E-state index contributed by atoms with van der Waals surface area (Å²) in [5, 5.41) is 0.854. The number of carbonyl (C=O) groups is 1. The van der Waals surface area contributed by atoms with Crippen LogP contribution in [0.2, 0.25) is 0 Å². The Balaban J connectivity index is 1.92. The highest BCUT2D eigenvalue weighted by atomic mass is 16.5. The van der Waals surface area contributed by atoms with E-state index in [1.54, 1.807) is 24.5 Å². The molecule has 0 saturated carbocycles. The number of benzene rings is 1. The first-order valence-electron chi connectivity index (χ1n) is 7.78. The van der Waals surface area contributed by atoms with Gasteiger partial charge in [0, 0.05) is 18.7 Å². The number of amides is 1. The maximum atomic E-state index is 12.8. The fourth-order valence-corrected chi connectivity index (χ4v) is 2.96. The molecule has 1 aromatic carbocycles. The lowest BCUT2D eigenvalue weighted by Gasteiger charge is -2.35. The molecule has 1 saturated heterocycles. The Kier molecular flexibility index (Phi) is 4.39. The maximum Gasteiger partial charge on any atom is 0.254 e. The molecule has 0 aliphatic carbocycles. The lowest BCUT2D eigenvalue weighted by Crippen LogP contribution is -2.48. The Morgan fingerprint density at radius 1 is 1.39 bits per heavy atom. The number of fused-ring (bicyclic) bond motifs is 1. The zero-order valence-electron chi connectivity index (χ0n) is 13.5. The van der Waals surface area contributed by atoms with Crippen molar-refractivity contribution in [3.8, 4) is 5.75 Å². The molecule has 1 aliphatic rings. The number of hydrogen-bond donors (Lipinski definition) is 0. The van der Waals surface area contributed by atoms with Crippen molar-refractivity contribution in [2.45, 2.75) is 26.1 Å². The van der Waals surface area contributed by atoms with Crippen LogP contribution in [0.5, 0.6) is 5.75 Å². The molecule has 1 amide bonds. The Morgan fingerprint density at radius 2 is 2.13 bits per heavy atom. The molecular weight excluding hydrogens is 294 g/mol. The van der Waals surface area contributed by atoms with E-state index in [1.165, 1.54) is 0 Å². The smallest absolute Gasteiger partial charge is 0.254 e. The first-order valence-corrected chi connectivity index (χ1v) is 7.78. The van der Waals surface area contributed by atoms with E-state index in [0.29, 0.717) is 36.6 Å². The highest BCUT2D eigenvalue weighted by Crippen LogP contribution is 2.29. The van der Waals surface area contributed by atoms with E-state index < -0.39 is 0 Å². The first kappa shape index (κ1) is 15.6. The van der Waals surface area contributed by atoms with Crippen molar-refractivity contribution >= 4 is 16.9 Å². The summed E-state index contributed by atoms with van der Waals surface area (Å²) in [6.45, 7) is 9.16. The van der Waals surface area contributed by atoms with Gasteiger partial charge < -0.3 is 18.8 Å². The second-order valence-corrected chi connectivity index (χ2v) is 5.87. The first-order chi connectivity index (χ1) is 11.1. The summed E-state index contributed by atoms with van der Waals surface area (Å²) >= 11 is 0. The zero-order valence-corrected chi connectivity index (χ0v) is 13.5. The third-order valence-corrected chi connectivity index (χ3v) is 3.84. The van der Waals surface area contributed by atoms with E-state index in [0.717, 1.165) is 5.39 Å². The molecular formula is C18H21NO4. The molecule has 1 aliphatic heterocycles. The second kappa shape index (κ2) is 6.46. The topological polar surface area (TPSA) is 51.9 Å². The standard InChI is InChI=1S/C18H21NO4/c1-4-6-21-16-8-14(9-17-15(16)5-7-22-17)18(20)19-10-12(2)23-13(3)11-19/h4-5,7-9,12-13H,1,6,10-11H2,2-3H3/t12-,13-/m1/s1. The molecule has 0 unspecified atom stereocenters. The summed E-state index contributed by atoms with van der Waals surface area (Å²) in [6.07, 6.45) is 3.34. The molecule has 5 heteroatoms. The van der Waals surface area contributed by atoms with Crippen LogP contribution in [0.15, 0.2) is 41.5 Å². The lowest BCUT2D eigenvalue weighted by molar-refractivity contribution is -0.0586. The Labute approximate surface area is 135 Å². The summed E-state index contributed by atoms with van der Waals surface area (Å²) in [4.78, 5) is 14.7. The van der Waals surface area contributed by atoms with Crippen LogP contribution in [0, 0.1) is 0 Å². The number of morpholine rings is 1. The minimum Gasteiger partial charge on any atom is -0.489 e. The van der Waals surface area contributed by atoms with Gasteiger partial charge >= 0.3 is 0 Å². The van der Waals surface area contributed by atoms with Gasteiger partial charge in [-0.15, -0.1) is 0 Å². The van der Waals surface area contributed by atoms with E-state index in [2.05, 4.69) is 6.58 Å². The molecule has 2 aromatic rings. The van der Waals surface area contributed by atoms with Gasteiger partial charge in [0.15, 0.2) is 0 Å². The molecule has 0 N–H and O–H groups in total.